The second-order valence-corrected chi connectivity index (χ2v) is 10.9. The van der Waals surface area contributed by atoms with E-state index in [1.54, 1.807) is 23.5 Å². The summed E-state index contributed by atoms with van der Waals surface area (Å²) in [5, 5.41) is 13.6. The lowest BCUT2D eigenvalue weighted by atomic mass is 10.0. The van der Waals surface area contributed by atoms with Gasteiger partial charge in [-0.1, -0.05) is 44.0 Å². The first kappa shape index (κ1) is 19.4. The highest BCUT2D eigenvalue weighted by molar-refractivity contribution is 7.91. The second kappa shape index (κ2) is 7.31. The van der Waals surface area contributed by atoms with Gasteiger partial charge in [0.15, 0.2) is 5.65 Å². The first-order valence-electron chi connectivity index (χ1n) is 10.2. The van der Waals surface area contributed by atoms with Gasteiger partial charge >= 0.3 is 0 Å². The molecule has 7 nitrogen and oxygen atoms in total. The van der Waals surface area contributed by atoms with Crippen molar-refractivity contribution in [3.05, 3.63) is 41.3 Å². The van der Waals surface area contributed by atoms with E-state index in [0.29, 0.717) is 17.8 Å². The molecule has 9 heteroatoms. The monoisotopic (exact) mass is 441 g/mol. The van der Waals surface area contributed by atoms with Gasteiger partial charge in [0.2, 0.25) is 14.9 Å². The molecular weight excluding hydrogens is 418 g/mol. The molecule has 0 spiro atoms. The summed E-state index contributed by atoms with van der Waals surface area (Å²) in [4.78, 5) is 4.90. The number of benzene rings is 1. The molecular formula is C21H23N5O2S2. The number of anilines is 1. The van der Waals surface area contributed by atoms with E-state index in [1.807, 2.05) is 23.6 Å². The fourth-order valence-corrected chi connectivity index (χ4v) is 6.06. The molecule has 156 valence electrons. The van der Waals surface area contributed by atoms with E-state index < -0.39 is 9.84 Å². The van der Waals surface area contributed by atoms with Crippen molar-refractivity contribution >= 4 is 42.9 Å². The van der Waals surface area contributed by atoms with Gasteiger partial charge in [-0.15, -0.1) is 16.4 Å². The Labute approximate surface area is 179 Å². The van der Waals surface area contributed by atoms with E-state index in [9.17, 15) is 8.42 Å². The van der Waals surface area contributed by atoms with E-state index in [2.05, 4.69) is 29.5 Å². The quantitative estimate of drug-likeness (QED) is 0.485. The Balaban J connectivity index is 1.64. The van der Waals surface area contributed by atoms with Crippen LogP contribution < -0.4 is 5.32 Å². The minimum Gasteiger partial charge on any atom is -0.366 e. The third-order valence-electron chi connectivity index (χ3n) is 5.73. The van der Waals surface area contributed by atoms with Crippen LogP contribution in [-0.4, -0.2) is 34.3 Å². The van der Waals surface area contributed by atoms with Crippen molar-refractivity contribution < 1.29 is 8.42 Å². The fraction of sp³-hybridized carbons (Fsp3) is 0.381. The van der Waals surface area contributed by atoms with Crippen LogP contribution in [0, 0.1) is 0 Å². The number of sulfone groups is 1. The molecule has 1 N–H and O–H groups in total. The van der Waals surface area contributed by atoms with Crippen LogP contribution in [0.5, 0.6) is 0 Å². The molecule has 0 unspecified atom stereocenters. The van der Waals surface area contributed by atoms with Crippen LogP contribution in [0.15, 0.2) is 45.6 Å². The topological polar surface area (TPSA) is 89.2 Å². The number of nitrogens with one attached hydrogen (secondary N) is 1. The van der Waals surface area contributed by atoms with Crippen LogP contribution in [0.25, 0.3) is 15.9 Å². The summed E-state index contributed by atoms with van der Waals surface area (Å²) in [6.45, 7) is 4.15. The first-order valence-corrected chi connectivity index (χ1v) is 12.6. The van der Waals surface area contributed by atoms with Crippen molar-refractivity contribution in [2.24, 2.45) is 0 Å². The number of thiophene rings is 1. The average molecular weight is 442 g/mol. The van der Waals surface area contributed by atoms with Gasteiger partial charge in [-0.3, -0.25) is 0 Å². The number of rotatable bonds is 5. The van der Waals surface area contributed by atoms with Crippen LogP contribution in [0.1, 0.15) is 51.0 Å². The summed E-state index contributed by atoms with van der Waals surface area (Å²) in [5.41, 5.74) is 2.16. The fourth-order valence-electron chi connectivity index (χ4n) is 4.00. The van der Waals surface area contributed by atoms with Crippen LogP contribution in [0.4, 0.5) is 5.82 Å². The smallest absolute Gasteiger partial charge is 0.229 e. The maximum absolute atomic E-state index is 13.3. The summed E-state index contributed by atoms with van der Waals surface area (Å²) in [5.74, 6) is 1.04. The molecule has 0 amide bonds. The van der Waals surface area contributed by atoms with Crippen molar-refractivity contribution in [3.63, 3.8) is 0 Å². The number of hydrogen-bond donors (Lipinski definition) is 1. The molecule has 5 rings (SSSR count). The van der Waals surface area contributed by atoms with Crippen molar-refractivity contribution in [3.8, 4) is 0 Å². The molecule has 4 aromatic rings. The number of fused-ring (bicyclic) bond motifs is 3. The SMILES string of the molecule is CC(C)c1ccc(S(=O)(=O)c2nnn3c2nc(NC2CCCC2)c2sccc23)cc1. The summed E-state index contributed by atoms with van der Waals surface area (Å²) in [6, 6.07) is 9.26. The zero-order valence-corrected chi connectivity index (χ0v) is 18.5. The summed E-state index contributed by atoms with van der Waals surface area (Å²) in [7, 11) is -3.84. The minimum atomic E-state index is -3.84. The Bertz CT molecular complexity index is 1320. The van der Waals surface area contributed by atoms with Crippen LogP contribution in [-0.2, 0) is 9.84 Å². The van der Waals surface area contributed by atoms with Gasteiger partial charge in [-0.2, -0.15) is 4.52 Å². The van der Waals surface area contributed by atoms with Gasteiger partial charge in [0.1, 0.15) is 5.82 Å². The molecule has 1 aromatic carbocycles. The van der Waals surface area contributed by atoms with Gasteiger partial charge in [0.05, 0.1) is 15.1 Å². The lowest BCUT2D eigenvalue weighted by Gasteiger charge is -2.13. The summed E-state index contributed by atoms with van der Waals surface area (Å²) >= 11 is 1.57. The van der Waals surface area contributed by atoms with Gasteiger partial charge in [0.25, 0.3) is 0 Å². The second-order valence-electron chi connectivity index (χ2n) is 8.08. The molecule has 3 heterocycles. The highest BCUT2D eigenvalue weighted by Crippen LogP contribution is 2.33. The van der Waals surface area contributed by atoms with Crippen LogP contribution >= 0.6 is 11.3 Å². The Morgan fingerprint density at radius 3 is 2.57 bits per heavy atom. The lowest BCUT2D eigenvalue weighted by Crippen LogP contribution is -2.16. The maximum atomic E-state index is 13.3. The molecule has 0 radical (unpaired) electrons. The summed E-state index contributed by atoms with van der Waals surface area (Å²) in [6.07, 6.45) is 4.61. The third-order valence-corrected chi connectivity index (χ3v) is 8.31. The molecule has 0 aliphatic heterocycles. The standard InChI is InChI=1S/C21H23N5O2S2/c1-13(2)14-7-9-16(10-8-14)30(27,28)21-20-23-19(22-15-5-3-4-6-15)18-17(11-12-29-18)26(20)25-24-21/h7-13,15H,3-6H2,1-2H3,(H,22,23). The lowest BCUT2D eigenvalue weighted by molar-refractivity contribution is 0.592. The highest BCUT2D eigenvalue weighted by atomic mass is 32.2. The van der Waals surface area contributed by atoms with E-state index >= 15 is 0 Å². The van der Waals surface area contributed by atoms with Crippen molar-refractivity contribution in [1.29, 1.82) is 0 Å². The molecule has 0 bridgehead atoms. The molecule has 0 saturated heterocycles. The Kier molecular flexibility index (Phi) is 4.74. The van der Waals surface area contributed by atoms with E-state index in [0.717, 1.165) is 28.6 Å². The Hall–Kier alpha value is -2.52. The minimum absolute atomic E-state index is 0.109. The first-order chi connectivity index (χ1) is 14.4. The Morgan fingerprint density at radius 2 is 1.87 bits per heavy atom. The maximum Gasteiger partial charge on any atom is 0.229 e. The molecule has 1 fully saturated rings. The van der Waals surface area contributed by atoms with E-state index in [1.165, 1.54) is 17.4 Å². The predicted octanol–water partition coefficient (Wildman–Crippen LogP) is 4.65. The molecule has 0 atom stereocenters. The zero-order chi connectivity index (χ0) is 20.9. The number of hydrogen-bond acceptors (Lipinski definition) is 7. The normalized spacial score (nSPS) is 15.6. The molecule has 30 heavy (non-hydrogen) atoms. The van der Waals surface area contributed by atoms with Gasteiger partial charge in [-0.05, 0) is 47.9 Å². The molecule has 1 aliphatic rings. The van der Waals surface area contributed by atoms with E-state index in [-0.39, 0.29) is 15.6 Å². The Morgan fingerprint density at radius 1 is 1.13 bits per heavy atom. The summed E-state index contributed by atoms with van der Waals surface area (Å²) < 4.78 is 29.2. The molecule has 3 aromatic heterocycles. The van der Waals surface area contributed by atoms with E-state index in [4.69, 9.17) is 4.98 Å². The number of aromatic nitrogens is 4. The van der Waals surface area contributed by atoms with Crippen LogP contribution in [0.3, 0.4) is 0 Å². The van der Waals surface area contributed by atoms with Crippen molar-refractivity contribution in [2.45, 2.75) is 61.4 Å². The van der Waals surface area contributed by atoms with Gasteiger partial charge < -0.3 is 5.32 Å². The van der Waals surface area contributed by atoms with Crippen molar-refractivity contribution in [2.75, 3.05) is 5.32 Å². The predicted molar refractivity (Wildman–Crippen MR) is 118 cm³/mol. The largest absolute Gasteiger partial charge is 0.366 e. The molecule has 1 aliphatic carbocycles. The zero-order valence-electron chi connectivity index (χ0n) is 16.9. The highest BCUT2D eigenvalue weighted by Gasteiger charge is 2.28. The van der Waals surface area contributed by atoms with Crippen molar-refractivity contribution in [1.82, 2.24) is 19.8 Å². The van der Waals surface area contributed by atoms with Gasteiger partial charge in [0, 0.05) is 6.04 Å². The third kappa shape index (κ3) is 3.16. The molecule has 1 saturated carbocycles. The number of nitrogens with zero attached hydrogens (tertiary/aromatic N) is 4. The van der Waals surface area contributed by atoms with Crippen LogP contribution in [0.2, 0.25) is 0 Å². The average Bonchev–Trinajstić information content (AvgIpc) is 3.48. The van der Waals surface area contributed by atoms with Gasteiger partial charge in [-0.25, -0.2) is 13.4 Å².